The summed E-state index contributed by atoms with van der Waals surface area (Å²) >= 11 is 12.9. The van der Waals surface area contributed by atoms with Gasteiger partial charge in [0.2, 0.25) is 0 Å². The van der Waals surface area contributed by atoms with Crippen LogP contribution in [0.4, 0.5) is 0 Å². The van der Waals surface area contributed by atoms with E-state index in [4.69, 9.17) is 26.3 Å². The van der Waals surface area contributed by atoms with E-state index in [0.717, 1.165) is 12.1 Å². The summed E-state index contributed by atoms with van der Waals surface area (Å²) in [5.41, 5.74) is 0. The van der Waals surface area contributed by atoms with Gasteiger partial charge in [-0.05, 0) is 37.0 Å². The third-order valence-electron chi connectivity index (χ3n) is 1.97. The molecule has 0 bridgehead atoms. The molecule has 0 aliphatic carbocycles. The highest BCUT2D eigenvalue weighted by molar-refractivity contribution is 7.25. The van der Waals surface area contributed by atoms with Gasteiger partial charge in [0.05, 0.1) is 0 Å². The molecule has 0 radical (unpaired) electrons. The Hall–Kier alpha value is 0.974. The molecule has 2 atom stereocenters. The third-order valence-corrected chi connectivity index (χ3v) is 10.8. The van der Waals surface area contributed by atoms with Crippen molar-refractivity contribution in [2.24, 2.45) is 11.8 Å². The first-order valence-corrected chi connectivity index (χ1v) is 12.9. The second-order valence-electron chi connectivity index (χ2n) is 5.50. The van der Waals surface area contributed by atoms with Gasteiger partial charge >= 0.3 is 0 Å². The van der Waals surface area contributed by atoms with Crippen molar-refractivity contribution >= 4 is 37.4 Å². The highest BCUT2D eigenvalue weighted by Gasteiger charge is 2.38. The van der Waals surface area contributed by atoms with Crippen LogP contribution in [0.2, 0.25) is 25.2 Å². The molecule has 0 aromatic heterocycles. The van der Waals surface area contributed by atoms with E-state index in [1.165, 1.54) is 0 Å². The summed E-state index contributed by atoms with van der Waals surface area (Å²) in [6, 6.07) is 1.95. The van der Waals surface area contributed by atoms with E-state index in [-0.39, 0.29) is 0 Å². The SMILES string of the molecule is CC(C)C[Si](C)(Cl)O[Si](C)(Cl)CC(C)C. The molecule has 0 fully saturated rings. The molecular formula is C10H24Cl2OSi2. The average molecular weight is 287 g/mol. The molecule has 5 heteroatoms. The van der Waals surface area contributed by atoms with Crippen molar-refractivity contribution in [2.75, 3.05) is 0 Å². The zero-order valence-electron chi connectivity index (χ0n) is 10.7. The van der Waals surface area contributed by atoms with Crippen molar-refractivity contribution in [1.82, 2.24) is 0 Å². The highest BCUT2D eigenvalue weighted by atomic mass is 35.6. The van der Waals surface area contributed by atoms with Gasteiger partial charge in [-0.15, -0.1) is 22.2 Å². The zero-order valence-corrected chi connectivity index (χ0v) is 14.2. The van der Waals surface area contributed by atoms with Crippen LogP contribution < -0.4 is 0 Å². The second-order valence-corrected chi connectivity index (χ2v) is 16.3. The maximum atomic E-state index is 6.47. The molecule has 0 amide bonds. The summed E-state index contributed by atoms with van der Waals surface area (Å²) in [6.45, 7) is 12.8. The minimum absolute atomic E-state index is 0.583. The molecular weight excluding hydrogens is 263 g/mol. The summed E-state index contributed by atoms with van der Waals surface area (Å²) in [6.07, 6.45) is 0. The summed E-state index contributed by atoms with van der Waals surface area (Å²) < 4.78 is 6.06. The Labute approximate surface area is 106 Å². The van der Waals surface area contributed by atoms with Gasteiger partial charge in [0.25, 0.3) is 15.3 Å². The third kappa shape index (κ3) is 8.75. The summed E-state index contributed by atoms with van der Waals surface area (Å²) in [4.78, 5) is 0. The fraction of sp³-hybridized carbons (Fsp3) is 1.00. The first-order valence-electron chi connectivity index (χ1n) is 5.62. The maximum absolute atomic E-state index is 6.47. The molecule has 0 aliphatic rings. The molecule has 2 unspecified atom stereocenters. The van der Waals surface area contributed by atoms with Crippen LogP contribution in [-0.4, -0.2) is 15.3 Å². The van der Waals surface area contributed by atoms with Gasteiger partial charge in [0.1, 0.15) is 0 Å². The molecule has 1 nitrogen and oxygen atoms in total. The van der Waals surface area contributed by atoms with Gasteiger partial charge in [-0.3, -0.25) is 0 Å². The average Bonchev–Trinajstić information content (AvgIpc) is 1.73. The lowest BCUT2D eigenvalue weighted by atomic mass is 10.3. The van der Waals surface area contributed by atoms with E-state index in [2.05, 4.69) is 40.8 Å². The Morgan fingerprint density at radius 3 is 1.33 bits per heavy atom. The van der Waals surface area contributed by atoms with Crippen molar-refractivity contribution < 1.29 is 4.12 Å². The number of halogens is 2. The molecule has 0 spiro atoms. The normalized spacial score (nSPS) is 20.4. The van der Waals surface area contributed by atoms with Gasteiger partial charge in [-0.25, -0.2) is 0 Å². The first-order chi connectivity index (χ1) is 6.54. The minimum atomic E-state index is -2.07. The molecule has 0 saturated heterocycles. The Balaban J connectivity index is 4.29. The lowest BCUT2D eigenvalue weighted by molar-refractivity contribution is 0.532. The fourth-order valence-electron chi connectivity index (χ4n) is 1.99. The standard InChI is InChI=1S/C10H24Cl2OSi2/c1-9(2)7-14(5,11)13-15(6,12)8-10(3)4/h9-10H,7-8H2,1-6H3. The largest absolute Gasteiger partial charge is 0.433 e. The van der Waals surface area contributed by atoms with Crippen LogP contribution in [0.25, 0.3) is 0 Å². The smallest absolute Gasteiger partial charge is 0.278 e. The minimum Gasteiger partial charge on any atom is -0.433 e. The molecule has 0 saturated carbocycles. The summed E-state index contributed by atoms with van der Waals surface area (Å²) in [5, 5.41) is 0. The summed E-state index contributed by atoms with van der Waals surface area (Å²) in [5.74, 6) is 1.17. The van der Waals surface area contributed by atoms with Gasteiger partial charge in [0.15, 0.2) is 0 Å². The van der Waals surface area contributed by atoms with E-state index in [9.17, 15) is 0 Å². The number of hydrogen-bond donors (Lipinski definition) is 0. The maximum Gasteiger partial charge on any atom is 0.278 e. The Kier molecular flexibility index (Phi) is 6.45. The van der Waals surface area contributed by atoms with E-state index < -0.39 is 15.3 Å². The van der Waals surface area contributed by atoms with Crippen LogP contribution >= 0.6 is 22.2 Å². The Morgan fingerprint density at radius 2 is 1.13 bits per heavy atom. The van der Waals surface area contributed by atoms with Gasteiger partial charge in [-0.2, -0.15) is 0 Å². The van der Waals surface area contributed by atoms with Crippen molar-refractivity contribution in [3.05, 3.63) is 0 Å². The zero-order chi connectivity index (χ0) is 12.3. The van der Waals surface area contributed by atoms with Gasteiger partial charge in [-0.1, -0.05) is 27.7 Å². The van der Waals surface area contributed by atoms with E-state index >= 15 is 0 Å². The van der Waals surface area contributed by atoms with Crippen LogP contribution in [0, 0.1) is 11.8 Å². The number of hydrogen-bond acceptors (Lipinski definition) is 1. The molecule has 92 valence electrons. The lowest BCUT2D eigenvalue weighted by Crippen LogP contribution is -2.42. The quantitative estimate of drug-likeness (QED) is 0.497. The molecule has 0 aromatic rings. The summed E-state index contributed by atoms with van der Waals surface area (Å²) in [7, 11) is -4.13. The molecule has 0 N–H and O–H groups in total. The van der Waals surface area contributed by atoms with Crippen molar-refractivity contribution in [3.8, 4) is 0 Å². The molecule has 0 aromatic carbocycles. The predicted octanol–water partition coefficient (Wildman–Crippen LogP) is 4.94. The van der Waals surface area contributed by atoms with Crippen LogP contribution in [-0.2, 0) is 4.12 Å². The van der Waals surface area contributed by atoms with Crippen molar-refractivity contribution in [3.63, 3.8) is 0 Å². The second kappa shape index (κ2) is 6.06. The van der Waals surface area contributed by atoms with E-state index in [0.29, 0.717) is 11.8 Å². The topological polar surface area (TPSA) is 9.23 Å². The number of rotatable bonds is 6. The van der Waals surface area contributed by atoms with Crippen molar-refractivity contribution in [2.45, 2.75) is 52.9 Å². The molecule has 0 rings (SSSR count). The van der Waals surface area contributed by atoms with Crippen LogP contribution in [0.3, 0.4) is 0 Å². The van der Waals surface area contributed by atoms with Crippen LogP contribution in [0.15, 0.2) is 0 Å². The molecule has 0 heterocycles. The molecule has 0 aliphatic heterocycles. The monoisotopic (exact) mass is 286 g/mol. The van der Waals surface area contributed by atoms with Crippen LogP contribution in [0.5, 0.6) is 0 Å². The van der Waals surface area contributed by atoms with Crippen LogP contribution in [0.1, 0.15) is 27.7 Å². The lowest BCUT2D eigenvalue weighted by Gasteiger charge is -2.31. The highest BCUT2D eigenvalue weighted by Crippen LogP contribution is 2.31. The first kappa shape index (κ1) is 16.0. The fourth-order valence-corrected chi connectivity index (χ4v) is 14.4. The Morgan fingerprint density at radius 1 is 0.867 bits per heavy atom. The van der Waals surface area contributed by atoms with Gasteiger partial charge in [0, 0.05) is 0 Å². The van der Waals surface area contributed by atoms with Gasteiger partial charge < -0.3 is 4.12 Å². The van der Waals surface area contributed by atoms with E-state index in [1.807, 2.05) is 0 Å². The van der Waals surface area contributed by atoms with E-state index in [1.54, 1.807) is 0 Å². The predicted molar refractivity (Wildman–Crippen MR) is 75.3 cm³/mol. The molecule has 15 heavy (non-hydrogen) atoms. The van der Waals surface area contributed by atoms with Crippen molar-refractivity contribution in [1.29, 1.82) is 0 Å². The Bertz CT molecular complexity index is 174.